The van der Waals surface area contributed by atoms with Gasteiger partial charge in [0.25, 0.3) is 0 Å². The maximum atomic E-state index is 13.5. The molecule has 0 fully saturated rings. The standard InChI is InChI=1S/C14H13FN2O3/c1-2-19-14(18)9-7-13(17-8-11(9)16)20-12-6-4-3-5-10(12)15/h3-8H,2,16H2,1H3. The van der Waals surface area contributed by atoms with Gasteiger partial charge in [0.05, 0.1) is 24.1 Å². The van der Waals surface area contributed by atoms with E-state index in [1.165, 1.54) is 24.4 Å². The Bertz CT molecular complexity index is 632. The van der Waals surface area contributed by atoms with Crippen LogP contribution in [0.15, 0.2) is 36.5 Å². The van der Waals surface area contributed by atoms with Crippen molar-refractivity contribution in [1.29, 1.82) is 0 Å². The van der Waals surface area contributed by atoms with Gasteiger partial charge in [-0.2, -0.15) is 0 Å². The summed E-state index contributed by atoms with van der Waals surface area (Å²) in [5.41, 5.74) is 5.95. The molecule has 0 saturated heterocycles. The number of esters is 1. The van der Waals surface area contributed by atoms with Crippen LogP contribution < -0.4 is 10.5 Å². The number of hydrogen-bond donors (Lipinski definition) is 1. The zero-order valence-corrected chi connectivity index (χ0v) is 10.8. The largest absolute Gasteiger partial charge is 0.462 e. The smallest absolute Gasteiger partial charge is 0.340 e. The van der Waals surface area contributed by atoms with Gasteiger partial charge in [-0.15, -0.1) is 0 Å². The van der Waals surface area contributed by atoms with E-state index in [2.05, 4.69) is 4.98 Å². The predicted octanol–water partition coefficient (Wildman–Crippen LogP) is 2.77. The van der Waals surface area contributed by atoms with Gasteiger partial charge in [-0.1, -0.05) is 12.1 Å². The molecule has 20 heavy (non-hydrogen) atoms. The maximum Gasteiger partial charge on any atom is 0.340 e. The number of nitrogens with zero attached hydrogens (tertiary/aromatic N) is 1. The number of aromatic nitrogens is 1. The minimum atomic E-state index is -0.578. The highest BCUT2D eigenvalue weighted by Gasteiger charge is 2.14. The predicted molar refractivity (Wildman–Crippen MR) is 71.1 cm³/mol. The van der Waals surface area contributed by atoms with Crippen molar-refractivity contribution in [3.8, 4) is 11.6 Å². The highest BCUT2D eigenvalue weighted by molar-refractivity contribution is 5.95. The molecule has 0 radical (unpaired) electrons. The van der Waals surface area contributed by atoms with E-state index in [4.69, 9.17) is 15.2 Å². The van der Waals surface area contributed by atoms with Crippen LogP contribution in [-0.4, -0.2) is 17.6 Å². The minimum Gasteiger partial charge on any atom is -0.462 e. The Morgan fingerprint density at radius 2 is 2.15 bits per heavy atom. The molecule has 0 aliphatic rings. The number of benzene rings is 1. The number of ether oxygens (including phenoxy) is 2. The lowest BCUT2D eigenvalue weighted by Crippen LogP contribution is -2.08. The Morgan fingerprint density at radius 3 is 2.85 bits per heavy atom. The summed E-state index contributed by atoms with van der Waals surface area (Å²) in [5.74, 6) is -1.03. The fourth-order valence-electron chi connectivity index (χ4n) is 1.53. The highest BCUT2D eigenvalue weighted by Crippen LogP contribution is 2.25. The summed E-state index contributed by atoms with van der Waals surface area (Å²) in [6.45, 7) is 1.91. The minimum absolute atomic E-state index is 0.0135. The molecule has 0 saturated carbocycles. The number of anilines is 1. The van der Waals surface area contributed by atoms with Gasteiger partial charge in [0.2, 0.25) is 5.88 Å². The molecule has 0 bridgehead atoms. The number of carbonyl (C=O) groups is 1. The molecular formula is C14H13FN2O3. The number of pyridine rings is 1. The van der Waals surface area contributed by atoms with Crippen molar-refractivity contribution in [1.82, 2.24) is 4.98 Å². The molecule has 2 aromatic rings. The highest BCUT2D eigenvalue weighted by atomic mass is 19.1. The van der Waals surface area contributed by atoms with E-state index < -0.39 is 11.8 Å². The number of hydrogen-bond acceptors (Lipinski definition) is 5. The summed E-state index contributed by atoms with van der Waals surface area (Å²) < 4.78 is 23.6. The van der Waals surface area contributed by atoms with E-state index in [9.17, 15) is 9.18 Å². The number of halogens is 1. The van der Waals surface area contributed by atoms with Gasteiger partial charge >= 0.3 is 5.97 Å². The number of nitrogen functional groups attached to an aromatic ring is 1. The summed E-state index contributed by atoms with van der Waals surface area (Å²) >= 11 is 0. The SMILES string of the molecule is CCOC(=O)c1cc(Oc2ccccc2F)ncc1N. The van der Waals surface area contributed by atoms with Gasteiger partial charge in [0, 0.05) is 6.07 Å². The summed E-state index contributed by atoms with van der Waals surface area (Å²) in [4.78, 5) is 15.6. The van der Waals surface area contributed by atoms with Crippen LogP contribution in [0.25, 0.3) is 0 Å². The molecule has 0 unspecified atom stereocenters. The normalized spacial score (nSPS) is 10.1. The van der Waals surface area contributed by atoms with Crippen molar-refractivity contribution in [2.75, 3.05) is 12.3 Å². The van der Waals surface area contributed by atoms with Crippen LogP contribution in [-0.2, 0) is 4.74 Å². The Morgan fingerprint density at radius 1 is 1.40 bits per heavy atom. The van der Waals surface area contributed by atoms with Crippen LogP contribution >= 0.6 is 0 Å². The van der Waals surface area contributed by atoms with Crippen LogP contribution in [0.4, 0.5) is 10.1 Å². The van der Waals surface area contributed by atoms with E-state index in [0.29, 0.717) is 0 Å². The monoisotopic (exact) mass is 276 g/mol. The van der Waals surface area contributed by atoms with Gasteiger partial charge in [0.1, 0.15) is 0 Å². The third-order valence-corrected chi connectivity index (χ3v) is 2.46. The van der Waals surface area contributed by atoms with E-state index in [-0.39, 0.29) is 29.5 Å². The second kappa shape index (κ2) is 6.01. The molecule has 1 aromatic carbocycles. The van der Waals surface area contributed by atoms with E-state index in [0.717, 1.165) is 0 Å². The Labute approximate surface area is 115 Å². The van der Waals surface area contributed by atoms with Crippen molar-refractivity contribution in [2.24, 2.45) is 0 Å². The van der Waals surface area contributed by atoms with Crippen molar-refractivity contribution in [2.45, 2.75) is 6.92 Å². The topological polar surface area (TPSA) is 74.4 Å². The van der Waals surface area contributed by atoms with Gasteiger partial charge in [-0.25, -0.2) is 14.2 Å². The summed E-state index contributed by atoms with van der Waals surface area (Å²) in [6.07, 6.45) is 1.27. The first-order chi connectivity index (χ1) is 9.61. The average Bonchev–Trinajstić information content (AvgIpc) is 2.43. The fourth-order valence-corrected chi connectivity index (χ4v) is 1.53. The van der Waals surface area contributed by atoms with Crippen LogP contribution in [0, 0.1) is 5.82 Å². The van der Waals surface area contributed by atoms with Crippen molar-refractivity contribution < 1.29 is 18.7 Å². The van der Waals surface area contributed by atoms with Gasteiger partial charge in [-0.3, -0.25) is 0 Å². The molecule has 0 spiro atoms. The fraction of sp³-hybridized carbons (Fsp3) is 0.143. The van der Waals surface area contributed by atoms with Gasteiger partial charge in [-0.05, 0) is 19.1 Å². The summed E-state index contributed by atoms with van der Waals surface area (Å²) in [7, 11) is 0. The van der Waals surface area contributed by atoms with Crippen LogP contribution in [0.1, 0.15) is 17.3 Å². The Kier molecular flexibility index (Phi) is 4.14. The molecule has 1 aromatic heterocycles. The first kappa shape index (κ1) is 13.8. The Balaban J connectivity index is 2.28. The first-order valence-corrected chi connectivity index (χ1v) is 5.97. The number of carbonyl (C=O) groups excluding carboxylic acids is 1. The lowest BCUT2D eigenvalue weighted by atomic mass is 10.2. The third-order valence-electron chi connectivity index (χ3n) is 2.46. The lowest BCUT2D eigenvalue weighted by molar-refractivity contribution is 0.0527. The molecule has 0 atom stereocenters. The first-order valence-electron chi connectivity index (χ1n) is 5.97. The van der Waals surface area contributed by atoms with Gasteiger partial charge < -0.3 is 15.2 Å². The maximum absolute atomic E-state index is 13.5. The summed E-state index contributed by atoms with van der Waals surface area (Å²) in [5, 5.41) is 0. The second-order valence-corrected chi connectivity index (χ2v) is 3.86. The molecular weight excluding hydrogens is 263 g/mol. The molecule has 2 rings (SSSR count). The van der Waals surface area contributed by atoms with Gasteiger partial charge in [0.15, 0.2) is 11.6 Å². The molecule has 0 aliphatic heterocycles. The van der Waals surface area contributed by atoms with Crippen molar-refractivity contribution in [3.63, 3.8) is 0 Å². The van der Waals surface area contributed by atoms with Crippen molar-refractivity contribution >= 4 is 11.7 Å². The number of para-hydroxylation sites is 1. The zero-order valence-electron chi connectivity index (χ0n) is 10.8. The number of nitrogens with two attached hydrogens (primary N) is 1. The van der Waals surface area contributed by atoms with E-state index in [1.54, 1.807) is 19.1 Å². The molecule has 0 amide bonds. The van der Waals surface area contributed by atoms with Crippen LogP contribution in [0.5, 0.6) is 11.6 Å². The average molecular weight is 276 g/mol. The van der Waals surface area contributed by atoms with E-state index >= 15 is 0 Å². The molecule has 6 heteroatoms. The molecule has 1 heterocycles. The molecule has 0 aliphatic carbocycles. The Hall–Kier alpha value is -2.63. The second-order valence-electron chi connectivity index (χ2n) is 3.86. The number of rotatable bonds is 4. The molecule has 2 N–H and O–H groups in total. The molecule has 5 nitrogen and oxygen atoms in total. The lowest BCUT2D eigenvalue weighted by Gasteiger charge is -2.09. The van der Waals surface area contributed by atoms with E-state index in [1.807, 2.05) is 0 Å². The molecule has 104 valence electrons. The van der Waals surface area contributed by atoms with Crippen LogP contribution in [0.3, 0.4) is 0 Å². The van der Waals surface area contributed by atoms with Crippen molar-refractivity contribution in [3.05, 3.63) is 47.9 Å². The third kappa shape index (κ3) is 3.03. The van der Waals surface area contributed by atoms with Crippen LogP contribution in [0.2, 0.25) is 0 Å². The summed E-state index contributed by atoms with van der Waals surface area (Å²) in [6, 6.07) is 7.21. The quantitative estimate of drug-likeness (QED) is 0.869. The zero-order chi connectivity index (χ0) is 14.5.